The maximum atomic E-state index is 13.2. The molecule has 1 N–H and O–H groups in total. The second kappa shape index (κ2) is 14.0. The molecule has 0 unspecified atom stereocenters. The van der Waals surface area contributed by atoms with Gasteiger partial charge in [-0.3, -0.25) is 0 Å². The molecule has 0 spiro atoms. The number of thiocarbonyl (C=S) groups is 1. The Morgan fingerprint density at radius 2 is 1.51 bits per heavy atom. The third-order valence-electron chi connectivity index (χ3n) is 7.61. The number of hydrogen-bond acceptors (Lipinski definition) is 5. The van der Waals surface area contributed by atoms with Crippen molar-refractivity contribution in [2.24, 2.45) is 0 Å². The third kappa shape index (κ3) is 6.77. The molecule has 2 aliphatic rings. The highest BCUT2D eigenvalue weighted by atomic mass is 32.2. The van der Waals surface area contributed by atoms with Gasteiger partial charge in [0.2, 0.25) is 0 Å². The summed E-state index contributed by atoms with van der Waals surface area (Å²) >= 11 is 7.61. The summed E-state index contributed by atoms with van der Waals surface area (Å²) in [6, 6.07) is 31.9. The zero-order valence-corrected chi connectivity index (χ0v) is 24.8. The molecule has 2 aliphatic heterocycles. The molecular weight excluding hydrogens is 551 g/mol. The Balaban J connectivity index is 1.45. The van der Waals surface area contributed by atoms with Gasteiger partial charge in [0.1, 0.15) is 6.61 Å². The Labute approximate surface area is 252 Å². The van der Waals surface area contributed by atoms with Gasteiger partial charge in [0.25, 0.3) is 0 Å². The van der Waals surface area contributed by atoms with Crippen LogP contribution in [0.25, 0.3) is 0 Å². The van der Waals surface area contributed by atoms with E-state index in [1.165, 1.54) is 16.7 Å². The fourth-order valence-corrected chi connectivity index (χ4v) is 7.78. The Kier molecular flexibility index (Phi) is 9.98. The molecular formula is C33H37N3O3S2. The molecule has 214 valence electrons. The molecule has 0 radical (unpaired) electrons. The normalized spacial score (nSPS) is 19.0. The Morgan fingerprint density at radius 1 is 0.976 bits per heavy atom. The minimum Gasteiger partial charge on any atom is -0.445 e. The van der Waals surface area contributed by atoms with E-state index in [4.69, 9.17) is 21.7 Å². The molecule has 2 fully saturated rings. The Morgan fingerprint density at radius 3 is 2.02 bits per heavy atom. The van der Waals surface area contributed by atoms with Crippen LogP contribution in [0.3, 0.4) is 0 Å². The van der Waals surface area contributed by atoms with Crippen molar-refractivity contribution in [3.8, 4) is 0 Å². The van der Waals surface area contributed by atoms with Gasteiger partial charge in [0.05, 0.1) is 24.0 Å². The lowest BCUT2D eigenvalue weighted by Crippen LogP contribution is -2.50. The maximum absolute atomic E-state index is 13.2. The van der Waals surface area contributed by atoms with Crippen LogP contribution in [0.4, 0.5) is 4.79 Å². The smallest absolute Gasteiger partial charge is 0.410 e. The largest absolute Gasteiger partial charge is 0.445 e. The highest BCUT2D eigenvalue weighted by molar-refractivity contribution is 8.01. The van der Waals surface area contributed by atoms with Crippen LogP contribution in [-0.4, -0.2) is 78.3 Å². The molecule has 3 aromatic carbocycles. The first-order valence-corrected chi connectivity index (χ1v) is 15.4. The van der Waals surface area contributed by atoms with Crippen molar-refractivity contribution in [2.45, 2.75) is 22.5 Å². The van der Waals surface area contributed by atoms with Crippen LogP contribution in [0.5, 0.6) is 0 Å². The third-order valence-corrected chi connectivity index (χ3v) is 9.74. The number of nitrogens with zero attached hydrogens (tertiary/aromatic N) is 2. The number of thioether (sulfide) groups is 1. The molecule has 0 bridgehead atoms. The van der Waals surface area contributed by atoms with Crippen molar-refractivity contribution < 1.29 is 14.3 Å². The van der Waals surface area contributed by atoms with E-state index < -0.39 is 4.75 Å². The average molecular weight is 588 g/mol. The van der Waals surface area contributed by atoms with Crippen molar-refractivity contribution in [1.29, 1.82) is 0 Å². The topological polar surface area (TPSA) is 54.0 Å². The van der Waals surface area contributed by atoms with Crippen LogP contribution in [0.2, 0.25) is 0 Å². The fraction of sp³-hybridized carbons (Fsp3) is 0.333. The van der Waals surface area contributed by atoms with Gasteiger partial charge in [-0.2, -0.15) is 0 Å². The quantitative estimate of drug-likeness (QED) is 0.196. The number of ether oxygens (including phenoxy) is 2. The molecule has 3 aromatic rings. The molecule has 0 saturated carbocycles. The van der Waals surface area contributed by atoms with Crippen molar-refractivity contribution in [3.05, 3.63) is 120 Å². The second-order valence-electron chi connectivity index (χ2n) is 10.2. The summed E-state index contributed by atoms with van der Waals surface area (Å²) in [4.78, 5) is 17.2. The molecule has 5 rings (SSSR count). The number of benzene rings is 3. The number of carbonyl (C=O) groups excluding carboxylic acids is 1. The van der Waals surface area contributed by atoms with Gasteiger partial charge in [-0.15, -0.1) is 11.8 Å². The number of rotatable bonds is 9. The van der Waals surface area contributed by atoms with Crippen molar-refractivity contribution in [2.75, 3.05) is 46.0 Å². The minimum absolute atomic E-state index is 0.0659. The van der Waals surface area contributed by atoms with Crippen LogP contribution in [0.1, 0.15) is 23.1 Å². The van der Waals surface area contributed by atoms with Crippen LogP contribution < -0.4 is 5.32 Å². The standard InChI is InChI=1S/C33H37N3O3S2/c1-2-20-39-32(37)36-25-30(23-29(36)24-34-31(40)35-18-21-38-22-19-35)41-33(26-12-6-3-7-13-26,27-14-8-4-9-15-27)28-16-10-5-11-17-28/h2-17,29-30H,1,18-25H2,(H,34,40)/t29-,30-/m0/s1. The first kappa shape index (κ1) is 29.2. The molecule has 2 heterocycles. The summed E-state index contributed by atoms with van der Waals surface area (Å²) < 4.78 is 10.5. The summed E-state index contributed by atoms with van der Waals surface area (Å²) in [6.07, 6.45) is 2.09. The molecule has 0 aliphatic carbocycles. The zero-order chi connectivity index (χ0) is 28.5. The number of morpholine rings is 1. The summed E-state index contributed by atoms with van der Waals surface area (Å²) in [7, 11) is 0. The van der Waals surface area contributed by atoms with Gasteiger partial charge < -0.3 is 24.6 Å². The maximum Gasteiger partial charge on any atom is 0.410 e. The van der Waals surface area contributed by atoms with E-state index in [0.717, 1.165) is 19.5 Å². The van der Waals surface area contributed by atoms with E-state index in [0.29, 0.717) is 31.4 Å². The van der Waals surface area contributed by atoms with Crippen molar-refractivity contribution >= 4 is 35.2 Å². The van der Waals surface area contributed by atoms with Gasteiger partial charge in [0.15, 0.2) is 5.11 Å². The van der Waals surface area contributed by atoms with Gasteiger partial charge in [-0.25, -0.2) is 4.79 Å². The first-order chi connectivity index (χ1) is 20.1. The molecule has 8 heteroatoms. The lowest BCUT2D eigenvalue weighted by Gasteiger charge is -2.37. The molecule has 6 nitrogen and oxygen atoms in total. The number of amides is 1. The minimum atomic E-state index is -0.462. The Bertz CT molecular complexity index is 1190. The van der Waals surface area contributed by atoms with E-state index in [2.05, 4.69) is 108 Å². The predicted octanol–water partition coefficient (Wildman–Crippen LogP) is 5.68. The summed E-state index contributed by atoms with van der Waals surface area (Å²) in [5.74, 6) is 0. The van der Waals surface area contributed by atoms with Gasteiger partial charge >= 0.3 is 6.09 Å². The number of likely N-dealkylation sites (tertiary alicyclic amines) is 1. The molecule has 1 amide bonds. The molecule has 2 saturated heterocycles. The molecule has 0 aromatic heterocycles. The number of carbonyl (C=O) groups is 1. The molecule has 41 heavy (non-hydrogen) atoms. The lowest BCUT2D eigenvalue weighted by molar-refractivity contribution is 0.0674. The van der Waals surface area contributed by atoms with Gasteiger partial charge in [-0.1, -0.05) is 104 Å². The van der Waals surface area contributed by atoms with Crippen molar-refractivity contribution in [3.63, 3.8) is 0 Å². The van der Waals surface area contributed by atoms with E-state index >= 15 is 0 Å². The summed E-state index contributed by atoms with van der Waals surface area (Å²) in [6.45, 7) is 7.91. The zero-order valence-electron chi connectivity index (χ0n) is 23.2. The SMILES string of the molecule is C=CCOC(=O)N1C[C@@H](SC(c2ccccc2)(c2ccccc2)c2ccccc2)C[C@H]1CNC(=S)N1CCOCC1. The highest BCUT2D eigenvalue weighted by Gasteiger charge is 2.44. The van der Waals surface area contributed by atoms with Gasteiger partial charge in [-0.05, 0) is 35.3 Å². The number of nitrogens with one attached hydrogen (secondary N) is 1. The first-order valence-electron chi connectivity index (χ1n) is 14.1. The van der Waals surface area contributed by atoms with Gasteiger partial charge in [0, 0.05) is 31.4 Å². The van der Waals surface area contributed by atoms with Crippen LogP contribution in [-0.2, 0) is 14.2 Å². The van der Waals surface area contributed by atoms with E-state index in [-0.39, 0.29) is 24.0 Å². The fourth-order valence-electron chi connectivity index (χ4n) is 5.65. The highest BCUT2D eigenvalue weighted by Crippen LogP contribution is 2.52. The van der Waals surface area contributed by atoms with Crippen LogP contribution in [0, 0.1) is 0 Å². The Hall–Kier alpha value is -3.33. The molecule has 2 atom stereocenters. The predicted molar refractivity (Wildman–Crippen MR) is 170 cm³/mol. The lowest BCUT2D eigenvalue weighted by atomic mass is 9.84. The van der Waals surface area contributed by atoms with Crippen molar-refractivity contribution in [1.82, 2.24) is 15.1 Å². The van der Waals surface area contributed by atoms with E-state index in [9.17, 15) is 4.79 Å². The van der Waals surface area contributed by atoms with Crippen LogP contribution in [0.15, 0.2) is 104 Å². The summed E-state index contributed by atoms with van der Waals surface area (Å²) in [5, 5.41) is 4.29. The van der Waals surface area contributed by atoms with E-state index in [1.807, 2.05) is 16.7 Å². The number of hydrogen-bond donors (Lipinski definition) is 1. The van der Waals surface area contributed by atoms with E-state index in [1.54, 1.807) is 6.08 Å². The summed E-state index contributed by atoms with van der Waals surface area (Å²) in [5.41, 5.74) is 3.62. The monoisotopic (exact) mass is 587 g/mol. The average Bonchev–Trinajstić information content (AvgIpc) is 3.45. The van der Waals surface area contributed by atoms with Crippen LogP contribution >= 0.6 is 24.0 Å². The second-order valence-corrected chi connectivity index (χ2v) is 12.1.